The van der Waals surface area contributed by atoms with Crippen LogP contribution in [0.2, 0.25) is 0 Å². The zero-order chi connectivity index (χ0) is 11.9. The Balaban J connectivity index is 3.64. The number of hydrogen-bond acceptors (Lipinski definition) is 5. The van der Waals surface area contributed by atoms with Crippen LogP contribution in [-0.2, 0) is 19.4 Å². The lowest BCUT2D eigenvalue weighted by molar-refractivity contribution is -0.147. The van der Waals surface area contributed by atoms with Crippen molar-refractivity contribution in [2.45, 2.75) is 13.8 Å². The number of ether oxygens (including phenoxy) is 1. The predicted octanol–water partition coefficient (Wildman–Crippen LogP) is -0.180. The Kier molecular flexibility index (Phi) is 6.51. The number of hydrogen-bond donors (Lipinski definition) is 1. The van der Waals surface area contributed by atoms with E-state index in [0.29, 0.717) is 19.7 Å². The lowest BCUT2D eigenvalue weighted by Crippen LogP contribution is -2.31. The van der Waals surface area contributed by atoms with Crippen molar-refractivity contribution in [2.24, 2.45) is 5.92 Å². The fourth-order valence-corrected chi connectivity index (χ4v) is 1.46. The van der Waals surface area contributed by atoms with Gasteiger partial charge in [-0.05, 0) is 6.92 Å². The molecule has 90 valence electrons. The summed E-state index contributed by atoms with van der Waals surface area (Å²) in [5.41, 5.74) is 0. The molecule has 0 heterocycles. The number of carbonyl (C=O) groups is 1. The second kappa shape index (κ2) is 6.79. The molecule has 0 rings (SSSR count). The van der Waals surface area contributed by atoms with Crippen molar-refractivity contribution in [1.29, 1.82) is 0 Å². The van der Waals surface area contributed by atoms with Gasteiger partial charge in [0.25, 0.3) is 0 Å². The third kappa shape index (κ3) is 8.38. The molecule has 0 aromatic rings. The lowest BCUT2D eigenvalue weighted by atomic mass is 10.2. The first kappa shape index (κ1) is 14.4. The third-order valence-electron chi connectivity index (χ3n) is 1.79. The van der Waals surface area contributed by atoms with Gasteiger partial charge in [-0.25, -0.2) is 8.42 Å². The number of esters is 1. The molecular weight excluding hydrogens is 218 g/mol. The Morgan fingerprint density at radius 3 is 2.53 bits per heavy atom. The second-order valence-corrected chi connectivity index (χ2v) is 5.75. The van der Waals surface area contributed by atoms with Gasteiger partial charge in [-0.15, -0.1) is 0 Å². The second-order valence-electron chi connectivity index (χ2n) is 3.49. The van der Waals surface area contributed by atoms with Gasteiger partial charge >= 0.3 is 5.97 Å². The van der Waals surface area contributed by atoms with E-state index in [9.17, 15) is 13.2 Å². The van der Waals surface area contributed by atoms with E-state index in [4.69, 9.17) is 4.74 Å². The molecule has 0 aliphatic rings. The monoisotopic (exact) mass is 237 g/mol. The van der Waals surface area contributed by atoms with Crippen LogP contribution in [0.25, 0.3) is 0 Å². The first-order valence-corrected chi connectivity index (χ1v) is 6.98. The summed E-state index contributed by atoms with van der Waals surface area (Å²) in [5, 5.41) is 2.90. The van der Waals surface area contributed by atoms with Gasteiger partial charge in [0.2, 0.25) is 0 Å². The van der Waals surface area contributed by atoms with Crippen molar-refractivity contribution in [2.75, 3.05) is 31.7 Å². The molecule has 1 N–H and O–H groups in total. The molecule has 0 amide bonds. The molecule has 0 aromatic heterocycles. The summed E-state index contributed by atoms with van der Waals surface area (Å²) in [7, 11) is -2.93. The molecule has 0 bridgehead atoms. The predicted molar refractivity (Wildman–Crippen MR) is 58.4 cm³/mol. The maximum Gasteiger partial charge on any atom is 0.309 e. The van der Waals surface area contributed by atoms with Crippen LogP contribution < -0.4 is 5.32 Å². The van der Waals surface area contributed by atoms with E-state index in [-0.39, 0.29) is 17.6 Å². The van der Waals surface area contributed by atoms with Gasteiger partial charge in [0, 0.05) is 19.3 Å². The van der Waals surface area contributed by atoms with E-state index in [1.165, 1.54) is 6.26 Å². The normalized spacial score (nSPS) is 13.5. The number of rotatable bonds is 7. The molecule has 15 heavy (non-hydrogen) atoms. The van der Waals surface area contributed by atoms with Gasteiger partial charge in [-0.1, -0.05) is 6.92 Å². The van der Waals surface area contributed by atoms with E-state index in [1.54, 1.807) is 13.8 Å². The van der Waals surface area contributed by atoms with Crippen LogP contribution in [-0.4, -0.2) is 46.1 Å². The SMILES string of the molecule is CCOC(=O)C(C)CNCCS(C)(=O)=O. The highest BCUT2D eigenvalue weighted by Gasteiger charge is 2.13. The topological polar surface area (TPSA) is 72.5 Å². The summed E-state index contributed by atoms with van der Waals surface area (Å²) in [4.78, 5) is 11.2. The Morgan fingerprint density at radius 1 is 1.47 bits per heavy atom. The van der Waals surface area contributed by atoms with Crippen LogP contribution in [0.15, 0.2) is 0 Å². The van der Waals surface area contributed by atoms with Crippen molar-refractivity contribution in [3.05, 3.63) is 0 Å². The zero-order valence-corrected chi connectivity index (χ0v) is 10.3. The molecule has 0 saturated carbocycles. The van der Waals surface area contributed by atoms with Crippen molar-refractivity contribution in [3.63, 3.8) is 0 Å². The van der Waals surface area contributed by atoms with Crippen molar-refractivity contribution < 1.29 is 17.9 Å². The highest BCUT2D eigenvalue weighted by molar-refractivity contribution is 7.90. The molecule has 1 atom stereocenters. The number of carbonyl (C=O) groups excluding carboxylic acids is 1. The van der Waals surface area contributed by atoms with Crippen LogP contribution >= 0.6 is 0 Å². The smallest absolute Gasteiger partial charge is 0.309 e. The number of sulfone groups is 1. The summed E-state index contributed by atoms with van der Waals surface area (Å²) < 4.78 is 26.4. The fraction of sp³-hybridized carbons (Fsp3) is 0.889. The minimum Gasteiger partial charge on any atom is -0.466 e. The summed E-state index contributed by atoms with van der Waals surface area (Å²) in [6, 6.07) is 0. The zero-order valence-electron chi connectivity index (χ0n) is 9.45. The first-order chi connectivity index (χ1) is 6.87. The van der Waals surface area contributed by atoms with Crippen LogP contribution in [0.1, 0.15) is 13.8 Å². The van der Waals surface area contributed by atoms with Gasteiger partial charge in [-0.2, -0.15) is 0 Å². The summed E-state index contributed by atoms with van der Waals surface area (Å²) >= 11 is 0. The molecule has 0 aliphatic heterocycles. The maximum atomic E-state index is 11.2. The van der Waals surface area contributed by atoms with Crippen molar-refractivity contribution in [1.82, 2.24) is 5.32 Å². The van der Waals surface area contributed by atoms with Gasteiger partial charge in [0.05, 0.1) is 18.3 Å². The molecule has 0 aromatic carbocycles. The average molecular weight is 237 g/mol. The number of nitrogens with one attached hydrogen (secondary N) is 1. The molecule has 0 saturated heterocycles. The standard InChI is InChI=1S/C9H19NO4S/c1-4-14-9(11)8(2)7-10-5-6-15(3,12)13/h8,10H,4-7H2,1-3H3. The van der Waals surface area contributed by atoms with E-state index in [1.807, 2.05) is 0 Å². The molecule has 6 heteroatoms. The van der Waals surface area contributed by atoms with E-state index in [2.05, 4.69) is 5.32 Å². The first-order valence-electron chi connectivity index (χ1n) is 4.92. The summed E-state index contributed by atoms with van der Waals surface area (Å²) in [5.74, 6) is -0.420. The maximum absolute atomic E-state index is 11.2. The van der Waals surface area contributed by atoms with Gasteiger partial charge < -0.3 is 10.1 Å². The largest absolute Gasteiger partial charge is 0.466 e. The lowest BCUT2D eigenvalue weighted by Gasteiger charge is -2.10. The molecule has 0 aliphatic carbocycles. The van der Waals surface area contributed by atoms with Gasteiger partial charge in [-0.3, -0.25) is 4.79 Å². The van der Waals surface area contributed by atoms with Crippen LogP contribution in [0.5, 0.6) is 0 Å². The van der Waals surface area contributed by atoms with E-state index >= 15 is 0 Å². The Labute approximate surface area is 91.1 Å². The van der Waals surface area contributed by atoms with Gasteiger partial charge in [0.1, 0.15) is 9.84 Å². The molecule has 0 radical (unpaired) electrons. The van der Waals surface area contributed by atoms with Gasteiger partial charge in [0.15, 0.2) is 0 Å². The van der Waals surface area contributed by atoms with Crippen molar-refractivity contribution in [3.8, 4) is 0 Å². The molecule has 5 nitrogen and oxygen atoms in total. The minimum atomic E-state index is -2.93. The fourth-order valence-electron chi connectivity index (χ4n) is 0.944. The van der Waals surface area contributed by atoms with Crippen molar-refractivity contribution >= 4 is 15.8 Å². The van der Waals surface area contributed by atoms with Crippen LogP contribution in [0, 0.1) is 5.92 Å². The quantitative estimate of drug-likeness (QED) is 0.491. The highest BCUT2D eigenvalue weighted by Crippen LogP contribution is 1.96. The Hall–Kier alpha value is -0.620. The van der Waals surface area contributed by atoms with Crippen LogP contribution in [0.4, 0.5) is 0 Å². The van der Waals surface area contributed by atoms with Crippen LogP contribution in [0.3, 0.4) is 0 Å². The molecule has 0 fully saturated rings. The molecule has 0 spiro atoms. The van der Waals surface area contributed by atoms with E-state index < -0.39 is 9.84 Å². The molecule has 1 unspecified atom stereocenters. The minimum absolute atomic E-state index is 0.0859. The summed E-state index contributed by atoms with van der Waals surface area (Å²) in [6.07, 6.45) is 1.18. The third-order valence-corrected chi connectivity index (χ3v) is 2.73. The molecular formula is C9H19NO4S. The highest BCUT2D eigenvalue weighted by atomic mass is 32.2. The Morgan fingerprint density at radius 2 is 2.07 bits per heavy atom. The Bertz CT molecular complexity index is 286. The van der Waals surface area contributed by atoms with E-state index in [0.717, 1.165) is 0 Å². The average Bonchev–Trinajstić information content (AvgIpc) is 2.11. The summed E-state index contributed by atoms with van der Waals surface area (Å²) in [6.45, 7) is 4.66.